The molecule has 0 aliphatic carbocycles. The van der Waals surface area contributed by atoms with E-state index in [0.29, 0.717) is 30.5 Å². The Morgan fingerprint density at radius 1 is 1.16 bits per heavy atom. The normalized spacial score (nSPS) is 22.3. The molecule has 0 radical (unpaired) electrons. The zero-order chi connectivity index (χ0) is 30.5. The van der Waals surface area contributed by atoms with Crippen LogP contribution in [0.1, 0.15) is 64.7 Å². The first kappa shape index (κ1) is 28.3. The number of oxime groups is 1. The van der Waals surface area contributed by atoms with Gasteiger partial charge in [0, 0.05) is 56.4 Å². The van der Waals surface area contributed by atoms with Gasteiger partial charge in [-0.05, 0) is 24.1 Å². The fraction of sp³-hybridized carbons (Fsp3) is 0.333. The van der Waals surface area contributed by atoms with Crippen molar-refractivity contribution in [1.29, 1.82) is 0 Å². The molecule has 3 atom stereocenters. The van der Waals surface area contributed by atoms with Gasteiger partial charge in [0.2, 0.25) is 11.3 Å². The van der Waals surface area contributed by atoms with E-state index in [0.717, 1.165) is 0 Å². The minimum absolute atomic E-state index is 0.0887. The van der Waals surface area contributed by atoms with Crippen molar-refractivity contribution < 1.29 is 37.1 Å². The van der Waals surface area contributed by atoms with Crippen LogP contribution >= 0.6 is 0 Å². The number of nitrogens with one attached hydrogen (secondary N) is 1. The molecule has 0 unspecified atom stereocenters. The van der Waals surface area contributed by atoms with Crippen molar-refractivity contribution in [2.45, 2.75) is 57.7 Å². The molecule has 13 heteroatoms. The van der Waals surface area contributed by atoms with E-state index in [2.05, 4.69) is 10.5 Å². The third-order valence-corrected chi connectivity index (χ3v) is 7.96. The van der Waals surface area contributed by atoms with Gasteiger partial charge >= 0.3 is 0 Å². The van der Waals surface area contributed by atoms with Gasteiger partial charge in [0.1, 0.15) is 35.7 Å². The SMILES string of the molecule is CC1=NO[C@@]2(CC[C@H](C)N3C[C@H]2n2cc(C(=O)NCc4c(F)cc(F)cc4F)c(=O)c(OCc4ccccc4)c2C3=O)O1. The number of ether oxygens (including phenoxy) is 2. The molecular weight excluding hydrogens is 569 g/mol. The monoisotopic (exact) mass is 596 g/mol. The van der Waals surface area contributed by atoms with Crippen molar-refractivity contribution >= 4 is 17.7 Å². The molecule has 224 valence electrons. The average Bonchev–Trinajstić information content (AvgIpc) is 3.30. The fourth-order valence-corrected chi connectivity index (χ4v) is 5.70. The second kappa shape index (κ2) is 10.8. The number of benzene rings is 2. The Kier molecular flexibility index (Phi) is 7.10. The minimum Gasteiger partial charge on any atom is -0.483 e. The lowest BCUT2D eigenvalue weighted by molar-refractivity contribution is -0.194. The van der Waals surface area contributed by atoms with Gasteiger partial charge in [-0.1, -0.05) is 30.3 Å². The van der Waals surface area contributed by atoms with Crippen LogP contribution in [0.2, 0.25) is 0 Å². The molecule has 6 rings (SSSR count). The highest BCUT2D eigenvalue weighted by molar-refractivity contribution is 5.99. The highest BCUT2D eigenvalue weighted by Crippen LogP contribution is 2.45. The van der Waals surface area contributed by atoms with Gasteiger partial charge in [0.15, 0.2) is 11.4 Å². The van der Waals surface area contributed by atoms with E-state index < -0.39 is 64.2 Å². The second-order valence-electron chi connectivity index (χ2n) is 10.7. The van der Waals surface area contributed by atoms with E-state index in [1.165, 1.54) is 10.8 Å². The maximum absolute atomic E-state index is 14.3. The Labute approximate surface area is 243 Å². The highest BCUT2D eigenvalue weighted by Gasteiger charge is 2.56. The molecule has 0 saturated carbocycles. The van der Waals surface area contributed by atoms with E-state index in [1.54, 1.807) is 36.1 Å². The molecule has 1 fully saturated rings. The standard InChI is InChI=1S/C30H27F3N4O6/c1-16-8-9-30(42-17(2)35-43-30)24-14-36(16)29(40)25-27(41-15-18-6-4-3-5-7-18)26(38)21(13-37(24)25)28(39)34-12-20-22(32)10-19(31)11-23(20)33/h3-7,10-11,13,16,24H,8-9,12,14-15H2,1-2H3,(H,34,39)/t16-,24+,30+/m0/s1. The predicted octanol–water partition coefficient (Wildman–Crippen LogP) is 4.03. The highest BCUT2D eigenvalue weighted by atomic mass is 19.1. The van der Waals surface area contributed by atoms with Gasteiger partial charge in [-0.2, -0.15) is 0 Å². The van der Waals surface area contributed by atoms with Gasteiger partial charge in [-0.15, -0.1) is 0 Å². The average molecular weight is 597 g/mol. The largest absolute Gasteiger partial charge is 0.483 e. The molecule has 3 aliphatic rings. The number of hydrogen-bond acceptors (Lipinski definition) is 7. The van der Waals surface area contributed by atoms with Crippen molar-refractivity contribution in [2.75, 3.05) is 6.54 Å². The summed E-state index contributed by atoms with van der Waals surface area (Å²) in [5.41, 5.74) is -1.31. The molecule has 43 heavy (non-hydrogen) atoms. The van der Waals surface area contributed by atoms with Crippen molar-refractivity contribution in [3.05, 3.63) is 98.7 Å². The summed E-state index contributed by atoms with van der Waals surface area (Å²) in [4.78, 5) is 48.6. The number of rotatable bonds is 6. The Morgan fingerprint density at radius 2 is 1.88 bits per heavy atom. The quantitative estimate of drug-likeness (QED) is 0.460. The summed E-state index contributed by atoms with van der Waals surface area (Å²) >= 11 is 0. The topological polar surface area (TPSA) is 111 Å². The van der Waals surface area contributed by atoms with Gasteiger partial charge in [-0.25, -0.2) is 13.2 Å². The van der Waals surface area contributed by atoms with Crippen LogP contribution in [-0.2, 0) is 22.7 Å². The first-order valence-corrected chi connectivity index (χ1v) is 13.7. The summed E-state index contributed by atoms with van der Waals surface area (Å²) in [5.74, 6) is -6.38. The van der Waals surface area contributed by atoms with Gasteiger partial charge in [-0.3, -0.25) is 14.4 Å². The molecule has 2 aromatic carbocycles. The smallest absolute Gasteiger partial charge is 0.299 e. The van der Waals surface area contributed by atoms with E-state index >= 15 is 0 Å². The zero-order valence-electron chi connectivity index (χ0n) is 23.2. The zero-order valence-corrected chi connectivity index (χ0v) is 23.2. The van der Waals surface area contributed by atoms with E-state index in [4.69, 9.17) is 14.3 Å². The maximum Gasteiger partial charge on any atom is 0.299 e. The minimum atomic E-state index is -1.33. The molecule has 2 amide bonds. The number of aromatic nitrogens is 1. The summed E-state index contributed by atoms with van der Waals surface area (Å²) in [5, 5.41) is 6.31. The molecule has 1 N–H and O–H groups in total. The molecular formula is C30H27F3N4O6. The molecule has 3 aromatic rings. The molecule has 1 saturated heterocycles. The third-order valence-electron chi connectivity index (χ3n) is 7.96. The van der Waals surface area contributed by atoms with Crippen LogP contribution in [0.5, 0.6) is 5.75 Å². The summed E-state index contributed by atoms with van der Waals surface area (Å²) in [6, 6.07) is 8.92. The van der Waals surface area contributed by atoms with Crippen molar-refractivity contribution in [3.8, 4) is 5.75 Å². The number of nitrogens with zero attached hydrogens (tertiary/aromatic N) is 3. The molecule has 2 bridgehead atoms. The summed E-state index contributed by atoms with van der Waals surface area (Å²) in [6.07, 6.45) is 2.06. The first-order valence-electron chi connectivity index (χ1n) is 13.7. The van der Waals surface area contributed by atoms with Crippen molar-refractivity contribution in [3.63, 3.8) is 0 Å². The third kappa shape index (κ3) is 4.98. The molecule has 3 aliphatic heterocycles. The molecule has 4 heterocycles. The van der Waals surface area contributed by atoms with Crippen LogP contribution in [0.25, 0.3) is 0 Å². The van der Waals surface area contributed by atoms with Crippen LogP contribution in [-0.4, -0.2) is 45.6 Å². The lowest BCUT2D eigenvalue weighted by Crippen LogP contribution is -2.53. The summed E-state index contributed by atoms with van der Waals surface area (Å²) in [6.45, 7) is 2.87. The van der Waals surface area contributed by atoms with Gasteiger partial charge in [0.05, 0.1) is 0 Å². The van der Waals surface area contributed by atoms with E-state index in [9.17, 15) is 27.6 Å². The molecule has 1 spiro atoms. The number of carbonyl (C=O) groups is 2. The van der Waals surface area contributed by atoms with Crippen LogP contribution in [0.4, 0.5) is 13.2 Å². The second-order valence-corrected chi connectivity index (χ2v) is 10.7. The van der Waals surface area contributed by atoms with Gasteiger partial charge in [0.25, 0.3) is 17.6 Å². The number of hydrogen-bond donors (Lipinski definition) is 1. The number of amides is 2. The van der Waals surface area contributed by atoms with E-state index in [1.807, 2.05) is 13.0 Å². The number of pyridine rings is 1. The van der Waals surface area contributed by atoms with Crippen LogP contribution < -0.4 is 15.5 Å². The number of halogens is 3. The Balaban J connectivity index is 1.45. The number of carbonyl (C=O) groups excluding carboxylic acids is 2. The lowest BCUT2D eigenvalue weighted by Gasteiger charge is -2.41. The summed E-state index contributed by atoms with van der Waals surface area (Å²) in [7, 11) is 0. The van der Waals surface area contributed by atoms with Crippen LogP contribution in [0, 0.1) is 17.5 Å². The Hall–Kier alpha value is -4.81. The Bertz CT molecular complexity index is 1690. The van der Waals surface area contributed by atoms with E-state index in [-0.39, 0.29) is 36.5 Å². The Morgan fingerprint density at radius 3 is 2.56 bits per heavy atom. The van der Waals surface area contributed by atoms with Crippen LogP contribution in [0.15, 0.2) is 58.6 Å². The predicted molar refractivity (Wildman–Crippen MR) is 146 cm³/mol. The number of fused-ring (bicyclic) bond motifs is 5. The lowest BCUT2D eigenvalue weighted by atomic mass is 9.99. The molecule has 10 nitrogen and oxygen atoms in total. The first-order chi connectivity index (χ1) is 20.6. The maximum atomic E-state index is 14.3. The molecule has 1 aromatic heterocycles. The summed E-state index contributed by atoms with van der Waals surface area (Å²) < 4.78 is 55.4. The van der Waals surface area contributed by atoms with Crippen molar-refractivity contribution in [2.24, 2.45) is 5.16 Å². The van der Waals surface area contributed by atoms with Gasteiger partial charge < -0.3 is 29.1 Å². The van der Waals surface area contributed by atoms with Crippen LogP contribution in [0.3, 0.4) is 0 Å². The van der Waals surface area contributed by atoms with Crippen molar-refractivity contribution in [1.82, 2.24) is 14.8 Å². The fourth-order valence-electron chi connectivity index (χ4n) is 5.70.